The largest absolute Gasteiger partial charge is 0.385 e. The molecule has 0 N–H and O–H groups in total. The lowest BCUT2D eigenvalue weighted by Gasteiger charge is -2.43. The molecule has 1 heterocycles. The molecule has 1 saturated heterocycles. The molecule has 2 unspecified atom stereocenters. The van der Waals surface area contributed by atoms with Crippen molar-refractivity contribution >= 4 is 10.0 Å². The third-order valence-electron chi connectivity index (χ3n) is 4.46. The Labute approximate surface area is 144 Å². The predicted octanol–water partition coefficient (Wildman–Crippen LogP) is 1.68. The summed E-state index contributed by atoms with van der Waals surface area (Å²) in [5.41, 5.74) is 0.195. The van der Waals surface area contributed by atoms with E-state index in [1.165, 1.54) is 10.4 Å². The Morgan fingerprint density at radius 1 is 1.25 bits per heavy atom. The van der Waals surface area contributed by atoms with Gasteiger partial charge >= 0.3 is 0 Å². The Morgan fingerprint density at radius 3 is 2.46 bits per heavy atom. The van der Waals surface area contributed by atoms with Gasteiger partial charge in [-0.25, -0.2) is 8.42 Å². The van der Waals surface area contributed by atoms with Crippen LogP contribution in [-0.4, -0.2) is 63.1 Å². The van der Waals surface area contributed by atoms with Crippen molar-refractivity contribution in [2.45, 2.75) is 37.2 Å². The van der Waals surface area contributed by atoms with Crippen LogP contribution in [0.2, 0.25) is 0 Å². The molecule has 2 rings (SSSR count). The van der Waals surface area contributed by atoms with Gasteiger partial charge in [0.05, 0.1) is 10.5 Å². The summed E-state index contributed by atoms with van der Waals surface area (Å²) in [6.45, 7) is 6.54. The predicted molar refractivity (Wildman–Crippen MR) is 92.0 cm³/mol. The van der Waals surface area contributed by atoms with Crippen molar-refractivity contribution in [3.05, 3.63) is 29.8 Å². The van der Waals surface area contributed by atoms with Crippen LogP contribution in [0, 0.1) is 11.3 Å². The maximum absolute atomic E-state index is 13.0. The van der Waals surface area contributed by atoms with Crippen LogP contribution < -0.4 is 0 Å². The third kappa shape index (κ3) is 3.95. The summed E-state index contributed by atoms with van der Waals surface area (Å²) < 4.78 is 32.5. The minimum absolute atomic E-state index is 0.0970. The lowest BCUT2D eigenvalue weighted by atomic mass is 10.1. The minimum Gasteiger partial charge on any atom is -0.385 e. The summed E-state index contributed by atoms with van der Waals surface area (Å²) >= 11 is 0. The van der Waals surface area contributed by atoms with Gasteiger partial charge in [0.2, 0.25) is 10.0 Å². The molecule has 0 spiro atoms. The molecule has 1 aromatic rings. The summed E-state index contributed by atoms with van der Waals surface area (Å²) in [7, 11) is -1.98. The van der Waals surface area contributed by atoms with Gasteiger partial charge in [0.1, 0.15) is 6.07 Å². The Hall–Kier alpha value is -1.46. The summed E-state index contributed by atoms with van der Waals surface area (Å²) in [5.74, 6) is 0. The van der Waals surface area contributed by atoms with E-state index in [1.54, 1.807) is 25.3 Å². The van der Waals surface area contributed by atoms with E-state index in [-0.39, 0.29) is 22.5 Å². The highest BCUT2D eigenvalue weighted by molar-refractivity contribution is 7.89. The van der Waals surface area contributed by atoms with Gasteiger partial charge in [0.25, 0.3) is 0 Å². The first-order valence-corrected chi connectivity index (χ1v) is 9.59. The Balaban J connectivity index is 2.18. The molecule has 0 amide bonds. The van der Waals surface area contributed by atoms with Gasteiger partial charge in [-0.15, -0.1) is 0 Å². The maximum Gasteiger partial charge on any atom is 0.244 e. The fourth-order valence-corrected chi connectivity index (χ4v) is 5.00. The number of ether oxygens (including phenoxy) is 1. The zero-order valence-corrected chi connectivity index (χ0v) is 15.3. The Morgan fingerprint density at radius 2 is 1.88 bits per heavy atom. The molecule has 0 saturated carbocycles. The SMILES string of the molecule is COCCCN1C(C)CN(S(=O)(=O)c2ccccc2C#N)CC1C. The van der Waals surface area contributed by atoms with Gasteiger partial charge in [-0.2, -0.15) is 9.57 Å². The zero-order chi connectivity index (χ0) is 17.7. The molecule has 0 aliphatic carbocycles. The minimum atomic E-state index is -3.66. The van der Waals surface area contributed by atoms with Crippen LogP contribution in [0.1, 0.15) is 25.8 Å². The molecular formula is C17H25N3O3S. The Bertz CT molecular complexity index is 687. The van der Waals surface area contributed by atoms with Crippen molar-refractivity contribution in [3.8, 4) is 6.07 Å². The second-order valence-corrected chi connectivity index (χ2v) is 8.12. The highest BCUT2D eigenvalue weighted by atomic mass is 32.2. The Kier molecular flexibility index (Phi) is 6.35. The third-order valence-corrected chi connectivity index (χ3v) is 6.35. The van der Waals surface area contributed by atoms with Crippen LogP contribution in [0.3, 0.4) is 0 Å². The van der Waals surface area contributed by atoms with E-state index in [2.05, 4.69) is 4.90 Å². The molecule has 6 nitrogen and oxygen atoms in total. The van der Waals surface area contributed by atoms with Crippen molar-refractivity contribution in [3.63, 3.8) is 0 Å². The normalized spacial score (nSPS) is 23.1. The fourth-order valence-electron chi connectivity index (χ4n) is 3.26. The van der Waals surface area contributed by atoms with E-state index in [4.69, 9.17) is 4.74 Å². The molecule has 1 fully saturated rings. The quantitative estimate of drug-likeness (QED) is 0.729. The van der Waals surface area contributed by atoms with Crippen LogP contribution >= 0.6 is 0 Å². The second kappa shape index (κ2) is 8.08. The molecular weight excluding hydrogens is 326 g/mol. The van der Waals surface area contributed by atoms with E-state index in [1.807, 2.05) is 19.9 Å². The van der Waals surface area contributed by atoms with E-state index in [0.717, 1.165) is 13.0 Å². The van der Waals surface area contributed by atoms with Crippen molar-refractivity contribution in [1.29, 1.82) is 5.26 Å². The molecule has 1 aliphatic rings. The highest BCUT2D eigenvalue weighted by Crippen LogP contribution is 2.25. The van der Waals surface area contributed by atoms with Gasteiger partial charge in [-0.3, -0.25) is 4.90 Å². The van der Waals surface area contributed by atoms with Crippen LogP contribution in [0.5, 0.6) is 0 Å². The van der Waals surface area contributed by atoms with Gasteiger partial charge < -0.3 is 4.74 Å². The molecule has 0 bridgehead atoms. The van der Waals surface area contributed by atoms with Crippen LogP contribution in [0.15, 0.2) is 29.2 Å². The first kappa shape index (κ1) is 18.9. The number of hydrogen-bond donors (Lipinski definition) is 0. The summed E-state index contributed by atoms with van der Waals surface area (Å²) in [6.07, 6.45) is 0.926. The van der Waals surface area contributed by atoms with Crippen molar-refractivity contribution in [2.75, 3.05) is 33.4 Å². The topological polar surface area (TPSA) is 73.6 Å². The average Bonchev–Trinajstić information content (AvgIpc) is 2.57. The lowest BCUT2D eigenvalue weighted by molar-refractivity contribution is 0.0666. The number of nitriles is 1. The number of benzene rings is 1. The van der Waals surface area contributed by atoms with Crippen LogP contribution in [0.4, 0.5) is 0 Å². The van der Waals surface area contributed by atoms with E-state index in [0.29, 0.717) is 19.7 Å². The average molecular weight is 351 g/mol. The zero-order valence-electron chi connectivity index (χ0n) is 14.5. The molecule has 132 valence electrons. The smallest absolute Gasteiger partial charge is 0.244 e. The lowest BCUT2D eigenvalue weighted by Crippen LogP contribution is -2.58. The van der Waals surface area contributed by atoms with Gasteiger partial charge in [0.15, 0.2) is 0 Å². The van der Waals surface area contributed by atoms with Crippen LogP contribution in [-0.2, 0) is 14.8 Å². The number of sulfonamides is 1. The summed E-state index contributed by atoms with van der Waals surface area (Å²) in [5, 5.41) is 9.19. The van der Waals surface area contributed by atoms with Gasteiger partial charge in [-0.1, -0.05) is 12.1 Å². The molecule has 0 radical (unpaired) electrons. The first-order chi connectivity index (χ1) is 11.4. The first-order valence-electron chi connectivity index (χ1n) is 8.15. The highest BCUT2D eigenvalue weighted by Gasteiger charge is 2.36. The van der Waals surface area contributed by atoms with Crippen molar-refractivity contribution in [2.24, 2.45) is 0 Å². The number of hydrogen-bond acceptors (Lipinski definition) is 5. The monoisotopic (exact) mass is 351 g/mol. The van der Waals surface area contributed by atoms with E-state index in [9.17, 15) is 13.7 Å². The number of rotatable bonds is 6. The molecule has 24 heavy (non-hydrogen) atoms. The molecule has 2 atom stereocenters. The number of nitrogens with zero attached hydrogens (tertiary/aromatic N) is 3. The molecule has 1 aromatic carbocycles. The van der Waals surface area contributed by atoms with Crippen molar-refractivity contribution in [1.82, 2.24) is 9.21 Å². The fraction of sp³-hybridized carbons (Fsp3) is 0.588. The number of piperazine rings is 1. The maximum atomic E-state index is 13.0. The van der Waals surface area contributed by atoms with Gasteiger partial charge in [-0.05, 0) is 32.4 Å². The van der Waals surface area contributed by atoms with Gasteiger partial charge in [0, 0.05) is 45.4 Å². The van der Waals surface area contributed by atoms with Crippen molar-refractivity contribution < 1.29 is 13.2 Å². The summed E-state index contributed by atoms with van der Waals surface area (Å²) in [6, 6.07) is 8.60. The second-order valence-electron chi connectivity index (χ2n) is 6.21. The van der Waals surface area contributed by atoms with Crippen LogP contribution in [0.25, 0.3) is 0 Å². The molecule has 7 heteroatoms. The summed E-state index contributed by atoms with van der Waals surface area (Å²) in [4.78, 5) is 2.42. The molecule has 1 aliphatic heterocycles. The standard InChI is InChI=1S/C17H25N3O3S/c1-14-12-19(13-15(2)20(14)9-6-10-23-3)24(21,22)17-8-5-4-7-16(17)11-18/h4-5,7-8,14-15H,6,9-10,12-13H2,1-3H3. The van der Waals surface area contributed by atoms with E-state index >= 15 is 0 Å². The van der Waals surface area contributed by atoms with E-state index < -0.39 is 10.0 Å². The number of methoxy groups -OCH3 is 1. The molecule has 0 aromatic heterocycles.